The Bertz CT molecular complexity index is 1030. The molecular formula is C16H14N6OS. The summed E-state index contributed by atoms with van der Waals surface area (Å²) in [5.41, 5.74) is 7.98. The van der Waals surface area contributed by atoms with Gasteiger partial charge in [-0.1, -0.05) is 18.2 Å². The largest absolute Gasteiger partial charge is 0.395 e. The Kier molecular flexibility index (Phi) is 3.75. The first-order valence-electron chi connectivity index (χ1n) is 7.37. The van der Waals surface area contributed by atoms with Crippen LogP contribution in [0.1, 0.15) is 0 Å². The summed E-state index contributed by atoms with van der Waals surface area (Å²) in [6, 6.07) is 9.93. The number of anilines is 1. The molecule has 0 spiro atoms. The summed E-state index contributed by atoms with van der Waals surface area (Å²) in [6.07, 6.45) is 3.17. The average Bonchev–Trinajstić information content (AvgIpc) is 2.95. The van der Waals surface area contributed by atoms with Crippen LogP contribution in [0.4, 0.5) is 5.82 Å². The summed E-state index contributed by atoms with van der Waals surface area (Å²) in [6.45, 7) is 0.365. The van der Waals surface area contributed by atoms with E-state index in [1.807, 2.05) is 34.9 Å². The average molecular weight is 338 g/mol. The number of benzene rings is 1. The molecule has 0 saturated carbocycles. The van der Waals surface area contributed by atoms with Crippen molar-refractivity contribution >= 4 is 39.6 Å². The Labute approximate surface area is 141 Å². The van der Waals surface area contributed by atoms with Gasteiger partial charge in [0.25, 0.3) is 0 Å². The minimum absolute atomic E-state index is 0.0171. The number of aliphatic hydroxyl groups is 1. The number of hydrogen-bond acceptors (Lipinski definition) is 7. The Hall–Kier alpha value is -2.71. The molecule has 0 amide bonds. The fourth-order valence-electron chi connectivity index (χ4n) is 2.57. The highest BCUT2D eigenvalue weighted by atomic mass is 32.2. The first kappa shape index (κ1) is 14.9. The van der Waals surface area contributed by atoms with Gasteiger partial charge in [-0.25, -0.2) is 15.0 Å². The van der Waals surface area contributed by atoms with Crippen LogP contribution < -0.4 is 5.73 Å². The lowest BCUT2D eigenvalue weighted by atomic mass is 10.2. The van der Waals surface area contributed by atoms with Gasteiger partial charge in [0.05, 0.1) is 12.1 Å². The number of hydrogen-bond donors (Lipinski definition) is 2. The molecule has 0 unspecified atom stereocenters. The SMILES string of the molecule is Nc1ncnc2c1nc(Sc1cccc3cccnc13)n2CCO. The monoisotopic (exact) mass is 338 g/mol. The zero-order chi connectivity index (χ0) is 16.5. The second-order valence-electron chi connectivity index (χ2n) is 5.13. The molecule has 120 valence electrons. The highest BCUT2D eigenvalue weighted by molar-refractivity contribution is 7.99. The van der Waals surface area contributed by atoms with E-state index in [0.717, 1.165) is 15.8 Å². The number of para-hydroxylation sites is 1. The van der Waals surface area contributed by atoms with Crippen molar-refractivity contribution in [1.29, 1.82) is 0 Å². The lowest BCUT2D eigenvalue weighted by Gasteiger charge is -2.07. The highest BCUT2D eigenvalue weighted by Gasteiger charge is 2.16. The second-order valence-corrected chi connectivity index (χ2v) is 6.14. The van der Waals surface area contributed by atoms with E-state index in [9.17, 15) is 5.11 Å². The van der Waals surface area contributed by atoms with Gasteiger partial charge in [-0.2, -0.15) is 0 Å². The van der Waals surface area contributed by atoms with E-state index in [4.69, 9.17) is 5.73 Å². The van der Waals surface area contributed by atoms with Crippen LogP contribution in [-0.2, 0) is 6.54 Å². The van der Waals surface area contributed by atoms with Crippen LogP contribution in [0.25, 0.3) is 22.1 Å². The lowest BCUT2D eigenvalue weighted by Crippen LogP contribution is -2.05. The van der Waals surface area contributed by atoms with Gasteiger partial charge in [-0.15, -0.1) is 0 Å². The van der Waals surface area contributed by atoms with Crippen LogP contribution in [0.15, 0.2) is 52.9 Å². The summed E-state index contributed by atoms with van der Waals surface area (Å²) in [7, 11) is 0. The first-order chi connectivity index (χ1) is 11.8. The van der Waals surface area contributed by atoms with Crippen molar-refractivity contribution in [2.24, 2.45) is 0 Å². The third-order valence-electron chi connectivity index (χ3n) is 3.65. The molecule has 0 saturated heterocycles. The quantitative estimate of drug-likeness (QED) is 0.587. The number of rotatable bonds is 4. The third-order valence-corrected chi connectivity index (χ3v) is 4.69. The molecule has 0 aliphatic carbocycles. The molecule has 4 rings (SSSR count). The van der Waals surface area contributed by atoms with Crippen molar-refractivity contribution in [3.8, 4) is 0 Å². The van der Waals surface area contributed by atoms with Crippen molar-refractivity contribution < 1.29 is 5.11 Å². The molecule has 7 nitrogen and oxygen atoms in total. The van der Waals surface area contributed by atoms with E-state index in [-0.39, 0.29) is 6.61 Å². The van der Waals surface area contributed by atoms with Gasteiger partial charge in [0.2, 0.25) is 0 Å². The summed E-state index contributed by atoms with van der Waals surface area (Å²) in [5, 5.41) is 11.1. The number of nitrogens with zero attached hydrogens (tertiary/aromatic N) is 5. The Balaban J connectivity index is 1.87. The fraction of sp³-hybridized carbons (Fsp3) is 0.125. The van der Waals surface area contributed by atoms with Gasteiger partial charge in [0.15, 0.2) is 22.1 Å². The molecule has 1 aromatic carbocycles. The van der Waals surface area contributed by atoms with Gasteiger partial charge >= 0.3 is 0 Å². The normalized spacial score (nSPS) is 11.4. The number of nitrogens with two attached hydrogens (primary N) is 1. The molecule has 0 bridgehead atoms. The number of fused-ring (bicyclic) bond motifs is 2. The number of aliphatic hydroxyl groups excluding tert-OH is 1. The molecule has 8 heteroatoms. The Morgan fingerprint density at radius 3 is 2.83 bits per heavy atom. The number of imidazole rings is 1. The van der Waals surface area contributed by atoms with Crippen LogP contribution in [0.5, 0.6) is 0 Å². The maximum atomic E-state index is 9.38. The second kappa shape index (κ2) is 6.06. The zero-order valence-electron chi connectivity index (χ0n) is 12.6. The molecule has 3 heterocycles. The number of aromatic nitrogens is 5. The summed E-state index contributed by atoms with van der Waals surface area (Å²) < 4.78 is 1.85. The van der Waals surface area contributed by atoms with Gasteiger partial charge in [-0.05, 0) is 23.9 Å². The standard InChI is InChI=1S/C16H14N6OS/c17-14-13-15(20-9-19-14)22(7-8-23)16(21-13)24-11-5-1-3-10-4-2-6-18-12(10)11/h1-6,9,23H,7-8H2,(H2,17,19,20). The maximum Gasteiger partial charge on any atom is 0.175 e. The van der Waals surface area contributed by atoms with Gasteiger partial charge in [-0.3, -0.25) is 4.98 Å². The fourth-order valence-corrected chi connectivity index (χ4v) is 3.61. The summed E-state index contributed by atoms with van der Waals surface area (Å²) in [4.78, 5) is 18.3. The molecule has 4 aromatic rings. The van der Waals surface area contributed by atoms with E-state index in [1.165, 1.54) is 18.1 Å². The summed E-state index contributed by atoms with van der Waals surface area (Å²) >= 11 is 1.47. The maximum absolute atomic E-state index is 9.38. The molecular weight excluding hydrogens is 324 g/mol. The van der Waals surface area contributed by atoms with Crippen LogP contribution in [0.2, 0.25) is 0 Å². The van der Waals surface area contributed by atoms with Crippen molar-refractivity contribution in [3.05, 3.63) is 42.9 Å². The lowest BCUT2D eigenvalue weighted by molar-refractivity contribution is 0.273. The Morgan fingerprint density at radius 1 is 1.08 bits per heavy atom. The van der Waals surface area contributed by atoms with Crippen molar-refractivity contribution in [1.82, 2.24) is 24.5 Å². The van der Waals surface area contributed by atoms with Crippen molar-refractivity contribution in [2.45, 2.75) is 16.6 Å². The van der Waals surface area contributed by atoms with E-state index >= 15 is 0 Å². The van der Waals surface area contributed by atoms with Crippen molar-refractivity contribution in [3.63, 3.8) is 0 Å². The Morgan fingerprint density at radius 2 is 1.96 bits per heavy atom. The minimum atomic E-state index is -0.0171. The van der Waals surface area contributed by atoms with Crippen LogP contribution >= 0.6 is 11.8 Å². The first-order valence-corrected chi connectivity index (χ1v) is 8.19. The highest BCUT2D eigenvalue weighted by Crippen LogP contribution is 2.34. The topological polar surface area (TPSA) is 103 Å². The van der Waals surface area contributed by atoms with E-state index in [1.54, 1.807) is 6.20 Å². The number of nitrogen functional groups attached to an aromatic ring is 1. The number of pyridine rings is 1. The van der Waals surface area contributed by atoms with E-state index in [2.05, 4.69) is 19.9 Å². The predicted octanol–water partition coefficient (Wildman–Crippen LogP) is 2.10. The molecule has 0 atom stereocenters. The molecule has 0 fully saturated rings. The van der Waals surface area contributed by atoms with Gasteiger partial charge in [0.1, 0.15) is 6.33 Å². The molecule has 0 aliphatic rings. The molecule has 24 heavy (non-hydrogen) atoms. The van der Waals surface area contributed by atoms with Crippen LogP contribution in [-0.4, -0.2) is 36.2 Å². The van der Waals surface area contributed by atoms with E-state index in [0.29, 0.717) is 28.7 Å². The summed E-state index contributed by atoms with van der Waals surface area (Å²) in [5.74, 6) is 0.328. The zero-order valence-corrected chi connectivity index (χ0v) is 13.4. The van der Waals surface area contributed by atoms with Crippen LogP contribution in [0, 0.1) is 0 Å². The van der Waals surface area contributed by atoms with Gasteiger partial charge in [0, 0.05) is 23.0 Å². The predicted molar refractivity (Wildman–Crippen MR) is 92.7 cm³/mol. The van der Waals surface area contributed by atoms with Crippen molar-refractivity contribution in [2.75, 3.05) is 12.3 Å². The van der Waals surface area contributed by atoms with Crippen LogP contribution in [0.3, 0.4) is 0 Å². The smallest absolute Gasteiger partial charge is 0.175 e. The third kappa shape index (κ3) is 2.45. The minimum Gasteiger partial charge on any atom is -0.395 e. The molecule has 3 N–H and O–H groups in total. The molecule has 3 aromatic heterocycles. The van der Waals surface area contributed by atoms with E-state index < -0.39 is 0 Å². The molecule has 0 aliphatic heterocycles. The van der Waals surface area contributed by atoms with Gasteiger partial charge < -0.3 is 15.4 Å². The molecule has 0 radical (unpaired) electrons.